The third-order valence-corrected chi connectivity index (χ3v) is 5.51. The van der Waals surface area contributed by atoms with Crippen molar-refractivity contribution in [3.05, 3.63) is 29.6 Å². The zero-order chi connectivity index (χ0) is 15.0. The van der Waals surface area contributed by atoms with E-state index in [0.29, 0.717) is 25.2 Å². The van der Waals surface area contributed by atoms with Gasteiger partial charge in [-0.25, -0.2) is 12.8 Å². The maximum Gasteiger partial charge on any atom is 0.243 e. The van der Waals surface area contributed by atoms with Crippen LogP contribution in [0.3, 0.4) is 0 Å². The van der Waals surface area contributed by atoms with Gasteiger partial charge in [0.05, 0.1) is 4.90 Å². The molecular weight excluding hydrogens is 279 g/mol. The average molecular weight is 300 g/mol. The summed E-state index contributed by atoms with van der Waals surface area (Å²) in [5, 5.41) is 2.84. The molecule has 0 radical (unpaired) electrons. The highest BCUT2D eigenvalue weighted by atomic mass is 32.2. The number of nitrogens with one attached hydrogen (secondary N) is 1. The Balaban J connectivity index is 2.33. The van der Waals surface area contributed by atoms with Crippen molar-refractivity contribution in [2.45, 2.75) is 31.7 Å². The summed E-state index contributed by atoms with van der Waals surface area (Å²) in [6, 6.07) is 3.99. The minimum Gasteiger partial charge on any atom is -0.316 e. The predicted octanol–water partition coefficient (Wildman–Crippen LogP) is 1.97. The fourth-order valence-electron chi connectivity index (χ4n) is 2.45. The molecule has 0 atom stereocenters. The highest BCUT2D eigenvalue weighted by Gasteiger charge is 2.36. The van der Waals surface area contributed by atoms with Gasteiger partial charge in [-0.3, -0.25) is 0 Å². The number of rotatable bonds is 4. The summed E-state index contributed by atoms with van der Waals surface area (Å²) >= 11 is 0. The van der Waals surface area contributed by atoms with Crippen molar-refractivity contribution < 1.29 is 12.8 Å². The van der Waals surface area contributed by atoms with Crippen LogP contribution in [0.25, 0.3) is 0 Å². The van der Waals surface area contributed by atoms with Gasteiger partial charge in [-0.1, -0.05) is 13.8 Å². The van der Waals surface area contributed by atoms with E-state index in [1.54, 1.807) is 7.05 Å². The minimum atomic E-state index is -3.53. The van der Waals surface area contributed by atoms with Crippen LogP contribution < -0.4 is 5.32 Å². The summed E-state index contributed by atoms with van der Waals surface area (Å²) in [5.74, 6) is -0.389. The maximum atomic E-state index is 13.6. The quantitative estimate of drug-likeness (QED) is 0.925. The SMILES string of the molecule is CNCc1cc(S(=O)(=O)N2CCC(C)(C)C2)ccc1F. The zero-order valence-corrected chi connectivity index (χ0v) is 12.9. The van der Waals surface area contributed by atoms with E-state index in [1.807, 2.05) is 0 Å². The van der Waals surface area contributed by atoms with Crippen molar-refractivity contribution in [1.82, 2.24) is 9.62 Å². The van der Waals surface area contributed by atoms with Crippen molar-refractivity contribution in [2.75, 3.05) is 20.1 Å². The first kappa shape index (κ1) is 15.4. The molecule has 1 heterocycles. The molecule has 1 saturated heterocycles. The number of hydrogen-bond acceptors (Lipinski definition) is 3. The number of nitrogens with zero attached hydrogens (tertiary/aromatic N) is 1. The van der Waals surface area contributed by atoms with Crippen molar-refractivity contribution >= 4 is 10.0 Å². The summed E-state index contributed by atoms with van der Waals surface area (Å²) in [5.41, 5.74) is 0.369. The van der Waals surface area contributed by atoms with Crippen LogP contribution in [-0.4, -0.2) is 32.9 Å². The topological polar surface area (TPSA) is 49.4 Å². The molecule has 4 nitrogen and oxygen atoms in total. The highest BCUT2D eigenvalue weighted by molar-refractivity contribution is 7.89. The van der Waals surface area contributed by atoms with Crippen molar-refractivity contribution in [2.24, 2.45) is 5.41 Å². The predicted molar refractivity (Wildman–Crippen MR) is 76.3 cm³/mol. The first-order valence-electron chi connectivity index (χ1n) is 6.69. The van der Waals surface area contributed by atoms with Crippen LogP contribution in [0.15, 0.2) is 23.1 Å². The maximum absolute atomic E-state index is 13.6. The van der Waals surface area contributed by atoms with Crippen LogP contribution >= 0.6 is 0 Å². The normalized spacial score (nSPS) is 19.4. The lowest BCUT2D eigenvalue weighted by Crippen LogP contribution is -2.30. The van der Waals surface area contributed by atoms with Gasteiger partial charge in [0.25, 0.3) is 0 Å². The Morgan fingerprint density at radius 3 is 2.65 bits per heavy atom. The Morgan fingerprint density at radius 2 is 2.10 bits per heavy atom. The number of hydrogen-bond donors (Lipinski definition) is 1. The van der Waals surface area contributed by atoms with Gasteiger partial charge < -0.3 is 5.32 Å². The monoisotopic (exact) mass is 300 g/mol. The van der Waals surface area contributed by atoms with Crippen LogP contribution in [-0.2, 0) is 16.6 Å². The number of halogens is 1. The third kappa shape index (κ3) is 3.02. The van der Waals surface area contributed by atoms with E-state index >= 15 is 0 Å². The van der Waals surface area contributed by atoms with E-state index in [9.17, 15) is 12.8 Å². The molecule has 1 aromatic carbocycles. The molecule has 1 aromatic rings. The van der Waals surface area contributed by atoms with Crippen molar-refractivity contribution in [3.63, 3.8) is 0 Å². The second kappa shape index (κ2) is 5.42. The summed E-state index contributed by atoms with van der Waals surface area (Å²) in [6.45, 7) is 5.45. The molecule has 0 bridgehead atoms. The van der Waals surface area contributed by atoms with Gasteiger partial charge in [0.15, 0.2) is 0 Å². The number of benzene rings is 1. The Bertz CT molecular complexity index is 599. The lowest BCUT2D eigenvalue weighted by atomic mass is 9.93. The van der Waals surface area contributed by atoms with Crippen LogP contribution in [0.2, 0.25) is 0 Å². The van der Waals surface area contributed by atoms with Crippen LogP contribution in [0.4, 0.5) is 4.39 Å². The average Bonchev–Trinajstić information content (AvgIpc) is 2.73. The van der Waals surface area contributed by atoms with Crippen LogP contribution in [0, 0.1) is 11.2 Å². The smallest absolute Gasteiger partial charge is 0.243 e. The molecule has 1 fully saturated rings. The number of sulfonamides is 1. The van der Waals surface area contributed by atoms with E-state index in [4.69, 9.17) is 0 Å². The van der Waals surface area contributed by atoms with Crippen molar-refractivity contribution in [3.8, 4) is 0 Å². The van der Waals surface area contributed by atoms with E-state index in [-0.39, 0.29) is 16.1 Å². The Hall–Kier alpha value is -0.980. The highest BCUT2D eigenvalue weighted by Crippen LogP contribution is 2.33. The molecule has 1 N–H and O–H groups in total. The lowest BCUT2D eigenvalue weighted by Gasteiger charge is -2.20. The second-order valence-electron chi connectivity index (χ2n) is 6.04. The van der Waals surface area contributed by atoms with Gasteiger partial charge in [-0.15, -0.1) is 0 Å². The largest absolute Gasteiger partial charge is 0.316 e. The van der Waals surface area contributed by atoms with Gasteiger partial charge in [0.2, 0.25) is 10.0 Å². The standard InChI is InChI=1S/C14H21FN2O2S/c1-14(2)6-7-17(10-14)20(18,19)12-4-5-13(15)11(8-12)9-16-3/h4-5,8,16H,6-7,9-10H2,1-3H3. The second-order valence-corrected chi connectivity index (χ2v) is 7.97. The minimum absolute atomic E-state index is 0.000897. The summed E-state index contributed by atoms with van der Waals surface area (Å²) < 4.78 is 40.2. The first-order chi connectivity index (χ1) is 9.26. The molecule has 20 heavy (non-hydrogen) atoms. The Morgan fingerprint density at radius 1 is 1.40 bits per heavy atom. The Kier molecular flexibility index (Phi) is 4.18. The zero-order valence-electron chi connectivity index (χ0n) is 12.1. The van der Waals surface area contributed by atoms with E-state index in [1.165, 1.54) is 22.5 Å². The van der Waals surface area contributed by atoms with E-state index in [2.05, 4.69) is 19.2 Å². The third-order valence-electron chi connectivity index (χ3n) is 3.66. The van der Waals surface area contributed by atoms with Gasteiger partial charge >= 0.3 is 0 Å². The van der Waals surface area contributed by atoms with Gasteiger partial charge in [-0.2, -0.15) is 4.31 Å². The summed E-state index contributed by atoms with van der Waals surface area (Å²) in [6.07, 6.45) is 0.844. The lowest BCUT2D eigenvalue weighted by molar-refractivity contribution is 0.375. The molecule has 0 spiro atoms. The molecule has 112 valence electrons. The summed E-state index contributed by atoms with van der Waals surface area (Å²) in [7, 11) is -1.83. The molecule has 0 amide bonds. The molecule has 0 aliphatic carbocycles. The van der Waals surface area contributed by atoms with Crippen molar-refractivity contribution in [1.29, 1.82) is 0 Å². The first-order valence-corrected chi connectivity index (χ1v) is 8.13. The molecular formula is C14H21FN2O2S. The van der Waals surface area contributed by atoms with Gasteiger partial charge in [0, 0.05) is 25.2 Å². The fraction of sp³-hybridized carbons (Fsp3) is 0.571. The van der Waals surface area contributed by atoms with E-state index in [0.717, 1.165) is 6.42 Å². The molecule has 0 saturated carbocycles. The van der Waals surface area contributed by atoms with Crippen LogP contribution in [0.5, 0.6) is 0 Å². The molecule has 0 unspecified atom stereocenters. The molecule has 0 aromatic heterocycles. The molecule has 6 heteroatoms. The Labute approximate surface area is 120 Å². The molecule has 1 aliphatic heterocycles. The summed E-state index contributed by atoms with van der Waals surface area (Å²) in [4.78, 5) is 0.168. The van der Waals surface area contributed by atoms with Gasteiger partial charge in [-0.05, 0) is 37.1 Å². The van der Waals surface area contributed by atoms with Gasteiger partial charge in [0.1, 0.15) is 5.82 Å². The van der Waals surface area contributed by atoms with E-state index < -0.39 is 10.0 Å². The fourth-order valence-corrected chi connectivity index (χ4v) is 4.14. The molecule has 1 aliphatic rings. The van der Waals surface area contributed by atoms with Crippen LogP contribution in [0.1, 0.15) is 25.8 Å². The molecule has 2 rings (SSSR count).